The summed E-state index contributed by atoms with van der Waals surface area (Å²) in [6, 6.07) is 12.8. The van der Waals surface area contributed by atoms with Crippen molar-refractivity contribution in [1.29, 1.82) is 0 Å². The number of likely N-dealkylation sites (tertiary alicyclic amines) is 2. The number of hydrogen-bond donors (Lipinski definition) is 3. The second-order valence-electron chi connectivity index (χ2n) is 10.0. The van der Waals surface area contributed by atoms with Crippen LogP contribution in [-0.4, -0.2) is 58.8 Å². The molecular weight excluding hydrogens is 528 g/mol. The Balaban J connectivity index is 0.00000181. The van der Waals surface area contributed by atoms with E-state index < -0.39 is 0 Å². The number of halogens is 1. The molecule has 2 aromatic heterocycles. The van der Waals surface area contributed by atoms with Crippen molar-refractivity contribution in [1.82, 2.24) is 14.8 Å². The Bertz CT molecular complexity index is 1250. The van der Waals surface area contributed by atoms with Gasteiger partial charge >= 0.3 is 0 Å². The average Bonchev–Trinajstić information content (AvgIpc) is 3.52. The highest BCUT2D eigenvalue weighted by atomic mass is 35.5. The fourth-order valence-corrected chi connectivity index (χ4v) is 5.42. The maximum Gasteiger partial charge on any atom is 0.291 e. The van der Waals surface area contributed by atoms with Crippen LogP contribution in [0.25, 0.3) is 0 Å². The smallest absolute Gasteiger partial charge is 0.291 e. The maximum atomic E-state index is 13.2. The first-order valence-corrected chi connectivity index (χ1v) is 14.4. The van der Waals surface area contributed by atoms with Crippen LogP contribution in [0.15, 0.2) is 59.3 Å². The first-order valence-electron chi connectivity index (χ1n) is 14.1. The zero-order valence-electron chi connectivity index (χ0n) is 23.2. The second kappa shape index (κ2) is 14.2. The highest BCUT2D eigenvalue weighted by Gasteiger charge is 2.31. The molecule has 0 spiro atoms. The summed E-state index contributed by atoms with van der Waals surface area (Å²) >= 11 is 6.19. The number of hydrogen-bond acceptors (Lipinski definition) is 7. The molecule has 2 saturated heterocycles. The van der Waals surface area contributed by atoms with E-state index in [0.29, 0.717) is 29.6 Å². The number of nitrogens with zero attached hydrogens (tertiary/aromatic N) is 3. The Labute approximate surface area is 241 Å². The summed E-state index contributed by atoms with van der Waals surface area (Å²) in [7, 11) is 0. The molecular formula is C30H39ClN6O3. The third-order valence-electron chi connectivity index (χ3n) is 7.33. The van der Waals surface area contributed by atoms with E-state index in [-0.39, 0.29) is 29.5 Å². The summed E-state index contributed by atoms with van der Waals surface area (Å²) in [6.07, 6.45) is 6.63. The number of carbonyl (C=O) groups is 2. The average molecular weight is 567 g/mol. The number of nitrogens with two attached hydrogens (primary N) is 1. The normalized spacial score (nSPS) is 16.6. The van der Waals surface area contributed by atoms with Crippen LogP contribution in [0.5, 0.6) is 0 Å². The van der Waals surface area contributed by atoms with E-state index in [1.165, 1.54) is 6.26 Å². The van der Waals surface area contributed by atoms with Crippen molar-refractivity contribution in [3.05, 3.63) is 71.3 Å². The molecule has 10 heteroatoms. The monoisotopic (exact) mass is 566 g/mol. The van der Waals surface area contributed by atoms with Gasteiger partial charge in [0.1, 0.15) is 5.82 Å². The largest absolute Gasteiger partial charge is 0.459 e. The van der Waals surface area contributed by atoms with Crippen LogP contribution >= 0.6 is 11.6 Å². The standard InChI is InChI=1S/C28H33ClN6O3.C2H6/c29-21-3-4-23(24(17-21)33-27(36)25-2-1-15-38-25)32-22-8-13-35(14-9-22)28(37)20-6-11-34(12-7-20)18-19-5-10-31-26(30)16-19;1-2/h1-5,10,15-17,20,22,32H,6-9,11-14,18H2,(H2,30,31)(H,33,36);1-2H3. The molecule has 2 aliphatic rings. The van der Waals surface area contributed by atoms with Gasteiger partial charge in [0.25, 0.3) is 5.91 Å². The Morgan fingerprint density at radius 2 is 1.77 bits per heavy atom. The second-order valence-corrected chi connectivity index (χ2v) is 10.4. The summed E-state index contributed by atoms with van der Waals surface area (Å²) < 4.78 is 5.20. The molecule has 40 heavy (non-hydrogen) atoms. The van der Waals surface area contributed by atoms with Gasteiger partial charge in [-0.05, 0) is 86.8 Å². The van der Waals surface area contributed by atoms with Gasteiger partial charge in [-0.25, -0.2) is 4.98 Å². The van der Waals surface area contributed by atoms with Gasteiger partial charge < -0.3 is 25.7 Å². The van der Waals surface area contributed by atoms with Crippen molar-refractivity contribution in [3.8, 4) is 0 Å². The van der Waals surface area contributed by atoms with Crippen LogP contribution in [-0.2, 0) is 11.3 Å². The molecule has 3 aromatic rings. The number of benzene rings is 1. The summed E-state index contributed by atoms with van der Waals surface area (Å²) in [5.74, 6) is 0.788. The quantitative estimate of drug-likeness (QED) is 0.345. The number of nitrogen functional groups attached to an aromatic ring is 1. The van der Waals surface area contributed by atoms with E-state index in [0.717, 1.165) is 56.6 Å². The number of pyridine rings is 1. The van der Waals surface area contributed by atoms with Gasteiger partial charge in [0.15, 0.2) is 5.76 Å². The van der Waals surface area contributed by atoms with E-state index >= 15 is 0 Å². The molecule has 2 fully saturated rings. The van der Waals surface area contributed by atoms with Crippen molar-refractivity contribution < 1.29 is 14.0 Å². The number of furan rings is 1. The Morgan fingerprint density at radius 3 is 2.45 bits per heavy atom. The SMILES string of the molecule is CC.Nc1cc(CN2CCC(C(=O)N3CCC(Nc4ccc(Cl)cc4NC(=O)c4ccco4)CC3)CC2)ccn1. The van der Waals surface area contributed by atoms with Crippen LogP contribution in [0, 0.1) is 5.92 Å². The van der Waals surface area contributed by atoms with Crippen LogP contribution in [0.3, 0.4) is 0 Å². The van der Waals surface area contributed by atoms with Crippen LogP contribution < -0.4 is 16.4 Å². The predicted molar refractivity (Wildman–Crippen MR) is 159 cm³/mol. The molecule has 2 amide bonds. The fourth-order valence-electron chi connectivity index (χ4n) is 5.25. The number of rotatable bonds is 7. The molecule has 2 aliphatic heterocycles. The van der Waals surface area contributed by atoms with Crippen molar-refractivity contribution in [2.24, 2.45) is 5.92 Å². The Hall–Kier alpha value is -3.56. The molecule has 0 atom stereocenters. The summed E-state index contributed by atoms with van der Waals surface area (Å²) in [5.41, 5.74) is 8.35. The van der Waals surface area contributed by atoms with Crippen LogP contribution in [0.2, 0.25) is 5.02 Å². The number of anilines is 3. The van der Waals surface area contributed by atoms with Gasteiger partial charge in [-0.15, -0.1) is 0 Å². The van der Waals surface area contributed by atoms with E-state index in [1.54, 1.807) is 30.5 Å². The van der Waals surface area contributed by atoms with Crippen LogP contribution in [0.1, 0.15) is 55.6 Å². The lowest BCUT2D eigenvalue weighted by molar-refractivity contribution is -0.138. The highest BCUT2D eigenvalue weighted by molar-refractivity contribution is 6.31. The molecule has 9 nitrogen and oxygen atoms in total. The van der Waals surface area contributed by atoms with E-state index in [1.807, 2.05) is 36.9 Å². The number of piperidine rings is 2. The maximum absolute atomic E-state index is 13.2. The van der Waals surface area contributed by atoms with Crippen molar-refractivity contribution in [2.75, 3.05) is 42.5 Å². The number of carbonyl (C=O) groups excluding carboxylic acids is 2. The number of amides is 2. The van der Waals surface area contributed by atoms with Crippen molar-refractivity contribution in [2.45, 2.75) is 52.1 Å². The van der Waals surface area contributed by atoms with Crippen molar-refractivity contribution in [3.63, 3.8) is 0 Å². The lowest BCUT2D eigenvalue weighted by Gasteiger charge is -2.37. The van der Waals surface area contributed by atoms with Gasteiger partial charge in [0.2, 0.25) is 5.91 Å². The molecule has 4 heterocycles. The molecule has 1 aromatic carbocycles. The van der Waals surface area contributed by atoms with Crippen molar-refractivity contribution >= 4 is 40.6 Å². The molecule has 0 unspecified atom stereocenters. The molecule has 0 radical (unpaired) electrons. The minimum atomic E-state index is -0.336. The molecule has 4 N–H and O–H groups in total. The fraction of sp³-hybridized carbons (Fsp3) is 0.433. The van der Waals surface area contributed by atoms with Gasteiger partial charge in [0.05, 0.1) is 17.6 Å². The summed E-state index contributed by atoms with van der Waals surface area (Å²) in [6.45, 7) is 8.07. The minimum absolute atomic E-state index is 0.0814. The predicted octanol–water partition coefficient (Wildman–Crippen LogP) is 5.50. The van der Waals surface area contributed by atoms with Crippen LogP contribution in [0.4, 0.5) is 17.2 Å². The summed E-state index contributed by atoms with van der Waals surface area (Å²) in [5, 5.41) is 6.94. The molecule has 0 bridgehead atoms. The lowest BCUT2D eigenvalue weighted by atomic mass is 9.93. The van der Waals surface area contributed by atoms with Gasteiger partial charge in [-0.2, -0.15) is 0 Å². The molecule has 0 aliphatic carbocycles. The van der Waals surface area contributed by atoms with E-state index in [4.69, 9.17) is 21.8 Å². The topological polar surface area (TPSA) is 117 Å². The van der Waals surface area contributed by atoms with E-state index in [9.17, 15) is 9.59 Å². The lowest BCUT2D eigenvalue weighted by Crippen LogP contribution is -2.47. The third kappa shape index (κ3) is 7.76. The Morgan fingerprint density at radius 1 is 1.02 bits per heavy atom. The third-order valence-corrected chi connectivity index (χ3v) is 7.56. The molecule has 214 valence electrons. The summed E-state index contributed by atoms with van der Waals surface area (Å²) in [4.78, 5) is 34.2. The van der Waals surface area contributed by atoms with E-state index in [2.05, 4.69) is 20.5 Å². The zero-order chi connectivity index (χ0) is 28.5. The number of aromatic nitrogens is 1. The van der Waals surface area contributed by atoms with Gasteiger partial charge in [-0.1, -0.05) is 25.4 Å². The van der Waals surface area contributed by atoms with Gasteiger partial charge in [-0.3, -0.25) is 14.5 Å². The first-order chi connectivity index (χ1) is 19.4. The minimum Gasteiger partial charge on any atom is -0.459 e. The van der Waals surface area contributed by atoms with Gasteiger partial charge in [0, 0.05) is 42.8 Å². The Kier molecular flexibility index (Phi) is 10.4. The number of nitrogens with one attached hydrogen (secondary N) is 2. The first kappa shape index (κ1) is 29.4. The highest BCUT2D eigenvalue weighted by Crippen LogP contribution is 2.29. The zero-order valence-corrected chi connectivity index (χ0v) is 24.0. The molecule has 5 rings (SSSR count). The molecule has 0 saturated carbocycles.